The van der Waals surface area contributed by atoms with Crippen LogP contribution in [0.4, 0.5) is 0 Å². The molecule has 8 heteroatoms. The van der Waals surface area contributed by atoms with E-state index in [9.17, 15) is 4.79 Å². The molecule has 0 radical (unpaired) electrons. The van der Waals surface area contributed by atoms with Crippen LogP contribution in [-0.4, -0.2) is 36.2 Å². The Labute approximate surface area is 172 Å². The predicted octanol–water partition coefficient (Wildman–Crippen LogP) is 3.04. The number of amides is 1. The quantitative estimate of drug-likeness (QED) is 0.731. The van der Waals surface area contributed by atoms with Crippen LogP contribution < -0.4 is 15.4 Å². The number of halogens is 1. The van der Waals surface area contributed by atoms with E-state index in [1.807, 2.05) is 24.3 Å². The Balaban J connectivity index is 0.00000280. The van der Waals surface area contributed by atoms with Crippen molar-refractivity contribution in [1.82, 2.24) is 20.8 Å². The molecular weight excluding hydrogens is 380 g/mol. The van der Waals surface area contributed by atoms with Gasteiger partial charge in [-0.05, 0) is 43.8 Å². The highest BCUT2D eigenvalue weighted by atomic mass is 35.5. The molecule has 0 aliphatic carbocycles. The van der Waals surface area contributed by atoms with Gasteiger partial charge in [-0.15, -0.1) is 12.4 Å². The molecule has 0 bridgehead atoms. The molecule has 2 N–H and O–H groups in total. The number of piperidine rings is 1. The first-order valence-corrected chi connectivity index (χ1v) is 9.51. The number of carbonyl (C=O) groups excluding carboxylic acids is 1. The van der Waals surface area contributed by atoms with E-state index in [0.717, 1.165) is 18.7 Å². The minimum absolute atomic E-state index is 0. The fraction of sp³-hybridized carbons (Fsp3) is 0.550. The normalized spacial score (nSPS) is 18.6. The minimum atomic E-state index is -0.511. The van der Waals surface area contributed by atoms with Crippen LogP contribution in [-0.2, 0) is 4.79 Å². The van der Waals surface area contributed by atoms with Gasteiger partial charge >= 0.3 is 0 Å². The molecule has 1 aromatic carbocycles. The van der Waals surface area contributed by atoms with Crippen LogP contribution in [0, 0.1) is 18.8 Å². The molecule has 28 heavy (non-hydrogen) atoms. The van der Waals surface area contributed by atoms with Crippen molar-refractivity contribution in [3.05, 3.63) is 41.5 Å². The van der Waals surface area contributed by atoms with Crippen molar-refractivity contribution in [2.75, 3.05) is 20.2 Å². The second-order valence-corrected chi connectivity index (χ2v) is 7.20. The number of hydrogen-bond donors (Lipinski definition) is 2. The molecular formula is C20H29ClN4O3. The Morgan fingerprint density at radius 3 is 2.86 bits per heavy atom. The van der Waals surface area contributed by atoms with Gasteiger partial charge in [0.1, 0.15) is 11.8 Å². The van der Waals surface area contributed by atoms with Crippen molar-refractivity contribution in [3.8, 4) is 5.75 Å². The van der Waals surface area contributed by atoms with E-state index in [1.54, 1.807) is 14.0 Å². The average molecular weight is 409 g/mol. The molecule has 3 unspecified atom stereocenters. The highest BCUT2D eigenvalue weighted by molar-refractivity contribution is 5.85. The van der Waals surface area contributed by atoms with Gasteiger partial charge in [-0.25, -0.2) is 0 Å². The molecule has 1 aliphatic heterocycles. The molecule has 1 aliphatic rings. The lowest BCUT2D eigenvalue weighted by Crippen LogP contribution is -2.36. The summed E-state index contributed by atoms with van der Waals surface area (Å²) >= 11 is 0. The van der Waals surface area contributed by atoms with Gasteiger partial charge < -0.3 is 19.9 Å². The fourth-order valence-electron chi connectivity index (χ4n) is 3.66. The van der Waals surface area contributed by atoms with Gasteiger partial charge in [0, 0.05) is 18.9 Å². The minimum Gasteiger partial charge on any atom is -0.496 e. The largest absolute Gasteiger partial charge is 0.496 e. The SMILES string of the molecule is COc1ccccc1C(NC(=O)CC(C)C1CCCNC1)c1noc(C)n1.Cl. The Morgan fingerprint density at radius 2 is 2.21 bits per heavy atom. The van der Waals surface area contributed by atoms with Gasteiger partial charge in [-0.2, -0.15) is 4.98 Å². The number of nitrogens with one attached hydrogen (secondary N) is 2. The number of para-hydroxylation sites is 1. The Kier molecular flexibility index (Phi) is 8.26. The van der Waals surface area contributed by atoms with Crippen molar-refractivity contribution in [1.29, 1.82) is 0 Å². The van der Waals surface area contributed by atoms with Crippen molar-refractivity contribution in [3.63, 3.8) is 0 Å². The van der Waals surface area contributed by atoms with E-state index in [0.29, 0.717) is 35.7 Å². The summed E-state index contributed by atoms with van der Waals surface area (Å²) in [6.07, 6.45) is 2.80. The first-order valence-electron chi connectivity index (χ1n) is 9.51. The first kappa shape index (κ1) is 22.2. The van der Waals surface area contributed by atoms with Crippen LogP contribution in [0.2, 0.25) is 0 Å². The van der Waals surface area contributed by atoms with Crippen LogP contribution in [0.1, 0.15) is 49.5 Å². The van der Waals surface area contributed by atoms with E-state index in [2.05, 4.69) is 27.7 Å². The third kappa shape index (κ3) is 5.45. The Morgan fingerprint density at radius 1 is 1.43 bits per heavy atom. The summed E-state index contributed by atoms with van der Waals surface area (Å²) < 4.78 is 10.6. The van der Waals surface area contributed by atoms with Crippen LogP contribution in [0.3, 0.4) is 0 Å². The molecule has 7 nitrogen and oxygen atoms in total. The van der Waals surface area contributed by atoms with E-state index < -0.39 is 6.04 Å². The van der Waals surface area contributed by atoms with E-state index in [1.165, 1.54) is 12.8 Å². The van der Waals surface area contributed by atoms with Crippen LogP contribution in [0.5, 0.6) is 5.75 Å². The topological polar surface area (TPSA) is 89.3 Å². The van der Waals surface area contributed by atoms with Crippen molar-refractivity contribution in [2.24, 2.45) is 11.8 Å². The van der Waals surface area contributed by atoms with Crippen molar-refractivity contribution >= 4 is 18.3 Å². The van der Waals surface area contributed by atoms with Gasteiger partial charge in [0.25, 0.3) is 0 Å². The van der Waals surface area contributed by atoms with Gasteiger partial charge in [0.05, 0.1) is 7.11 Å². The number of nitrogens with zero attached hydrogens (tertiary/aromatic N) is 2. The maximum absolute atomic E-state index is 12.8. The number of carbonyl (C=O) groups is 1. The number of aromatic nitrogens is 2. The van der Waals surface area contributed by atoms with E-state index >= 15 is 0 Å². The summed E-state index contributed by atoms with van der Waals surface area (Å²) in [6, 6.07) is 7.05. The molecule has 1 amide bonds. The van der Waals surface area contributed by atoms with Gasteiger partial charge in [-0.3, -0.25) is 4.79 Å². The summed E-state index contributed by atoms with van der Waals surface area (Å²) in [6.45, 7) is 5.93. The third-order valence-electron chi connectivity index (χ3n) is 5.20. The van der Waals surface area contributed by atoms with E-state index in [-0.39, 0.29) is 18.3 Å². The van der Waals surface area contributed by atoms with Crippen molar-refractivity contribution < 1.29 is 14.1 Å². The monoisotopic (exact) mass is 408 g/mol. The first-order chi connectivity index (χ1) is 13.1. The number of methoxy groups -OCH3 is 1. The van der Waals surface area contributed by atoms with Gasteiger partial charge in [-0.1, -0.05) is 30.3 Å². The zero-order valence-electron chi connectivity index (χ0n) is 16.6. The number of rotatable bonds is 7. The highest BCUT2D eigenvalue weighted by Gasteiger charge is 2.27. The molecule has 2 aromatic rings. The molecule has 1 fully saturated rings. The molecule has 3 atom stereocenters. The van der Waals surface area contributed by atoms with Crippen molar-refractivity contribution in [2.45, 2.75) is 39.2 Å². The Bertz CT molecular complexity index is 761. The molecule has 0 saturated carbocycles. The summed E-state index contributed by atoms with van der Waals surface area (Å²) in [5, 5.41) is 10.5. The number of benzene rings is 1. The molecule has 2 heterocycles. The summed E-state index contributed by atoms with van der Waals surface area (Å²) in [5.74, 6) is 2.38. The zero-order chi connectivity index (χ0) is 19.2. The maximum Gasteiger partial charge on any atom is 0.223 e. The summed E-state index contributed by atoms with van der Waals surface area (Å²) in [7, 11) is 1.61. The second-order valence-electron chi connectivity index (χ2n) is 7.20. The van der Waals surface area contributed by atoms with Crippen LogP contribution in [0.25, 0.3) is 0 Å². The number of aryl methyl sites for hydroxylation is 1. The standard InChI is InChI=1S/C20H28N4O3.ClH/c1-13(15-7-6-10-21-12-15)11-18(25)23-19(20-22-14(2)27-24-20)16-8-4-5-9-17(16)26-3;/h4-5,8-9,13,15,19,21H,6-7,10-12H2,1-3H3,(H,23,25);1H. The lowest BCUT2D eigenvalue weighted by Gasteiger charge is -2.28. The van der Waals surface area contributed by atoms with Gasteiger partial charge in [0.2, 0.25) is 11.8 Å². The lowest BCUT2D eigenvalue weighted by atomic mass is 9.85. The zero-order valence-corrected chi connectivity index (χ0v) is 17.4. The van der Waals surface area contributed by atoms with Crippen LogP contribution >= 0.6 is 12.4 Å². The molecule has 3 rings (SSSR count). The van der Waals surface area contributed by atoms with Crippen LogP contribution in [0.15, 0.2) is 28.8 Å². The second kappa shape index (κ2) is 10.4. The number of hydrogen-bond acceptors (Lipinski definition) is 6. The number of ether oxygens (including phenoxy) is 1. The smallest absolute Gasteiger partial charge is 0.223 e. The molecule has 0 spiro atoms. The van der Waals surface area contributed by atoms with Gasteiger partial charge in [0.15, 0.2) is 5.82 Å². The maximum atomic E-state index is 12.8. The average Bonchev–Trinajstić information content (AvgIpc) is 3.13. The highest BCUT2D eigenvalue weighted by Crippen LogP contribution is 2.29. The predicted molar refractivity (Wildman–Crippen MR) is 109 cm³/mol. The summed E-state index contributed by atoms with van der Waals surface area (Å²) in [5.41, 5.74) is 0.807. The summed E-state index contributed by atoms with van der Waals surface area (Å²) in [4.78, 5) is 17.1. The lowest BCUT2D eigenvalue weighted by molar-refractivity contribution is -0.122. The molecule has 1 saturated heterocycles. The fourth-order valence-corrected chi connectivity index (χ4v) is 3.66. The van der Waals surface area contributed by atoms with E-state index in [4.69, 9.17) is 9.26 Å². The molecule has 154 valence electrons. The molecule has 1 aromatic heterocycles. The third-order valence-corrected chi connectivity index (χ3v) is 5.20. The Hall–Kier alpha value is -2.12.